The fourth-order valence-electron chi connectivity index (χ4n) is 2.61. The molecule has 1 saturated heterocycles. The summed E-state index contributed by atoms with van der Waals surface area (Å²) in [6, 6.07) is 1.83. The van der Waals surface area contributed by atoms with Crippen molar-refractivity contribution in [2.45, 2.75) is 32.2 Å². The molecule has 3 rings (SSSR count). The molecule has 7 heteroatoms. The second-order valence-corrected chi connectivity index (χ2v) is 5.21. The Bertz CT molecular complexity index is 601. The molecular weight excluding hydrogens is 270 g/mol. The van der Waals surface area contributed by atoms with Gasteiger partial charge in [0.2, 0.25) is 17.6 Å². The number of hydrogen-bond donors (Lipinski definition) is 1. The largest absolute Gasteiger partial charge is 0.481 e. The lowest BCUT2D eigenvalue weighted by Gasteiger charge is -2.27. The van der Waals surface area contributed by atoms with E-state index in [1.807, 2.05) is 0 Å². The molecule has 0 radical (unpaired) electrons. The van der Waals surface area contributed by atoms with Gasteiger partial charge >= 0.3 is 0 Å². The van der Waals surface area contributed by atoms with E-state index in [4.69, 9.17) is 9.26 Å². The quantitative estimate of drug-likeness (QED) is 0.921. The van der Waals surface area contributed by atoms with E-state index < -0.39 is 0 Å². The lowest BCUT2D eigenvalue weighted by Crippen LogP contribution is -2.31. The van der Waals surface area contributed by atoms with Crippen LogP contribution in [0.3, 0.4) is 0 Å². The van der Waals surface area contributed by atoms with Gasteiger partial charge in [0.05, 0.1) is 13.2 Å². The molecule has 3 heterocycles. The summed E-state index contributed by atoms with van der Waals surface area (Å²) in [5.41, 5.74) is 0.597. The summed E-state index contributed by atoms with van der Waals surface area (Å²) in [4.78, 5) is 12.6. The van der Waals surface area contributed by atoms with Gasteiger partial charge in [0.15, 0.2) is 0 Å². The van der Waals surface area contributed by atoms with E-state index in [0.29, 0.717) is 29.2 Å². The first-order chi connectivity index (χ1) is 10.3. The third-order valence-electron chi connectivity index (χ3n) is 3.91. The van der Waals surface area contributed by atoms with Crippen LogP contribution in [-0.2, 0) is 0 Å². The van der Waals surface area contributed by atoms with Crippen LogP contribution in [0.4, 0.5) is 0 Å². The summed E-state index contributed by atoms with van der Waals surface area (Å²) in [6.07, 6.45) is 4.85. The van der Waals surface area contributed by atoms with Crippen LogP contribution in [-0.4, -0.2) is 33.8 Å². The van der Waals surface area contributed by atoms with Crippen LogP contribution in [0.5, 0.6) is 5.88 Å². The molecule has 21 heavy (non-hydrogen) atoms. The maximum Gasteiger partial charge on any atom is 0.244 e. The highest BCUT2D eigenvalue weighted by atomic mass is 16.5. The van der Waals surface area contributed by atoms with Gasteiger partial charge in [0.1, 0.15) is 12.0 Å². The average molecular weight is 289 g/mol. The molecule has 1 aliphatic heterocycles. The van der Waals surface area contributed by atoms with Crippen molar-refractivity contribution >= 4 is 0 Å². The summed E-state index contributed by atoms with van der Waals surface area (Å²) >= 11 is 0. The highest BCUT2D eigenvalue weighted by Crippen LogP contribution is 2.29. The highest BCUT2D eigenvalue weighted by molar-refractivity contribution is 5.49. The van der Waals surface area contributed by atoms with E-state index in [9.17, 15) is 0 Å². The Morgan fingerprint density at radius 1 is 1.43 bits per heavy atom. The fourth-order valence-corrected chi connectivity index (χ4v) is 2.61. The number of nitrogens with one attached hydrogen (secondary N) is 1. The summed E-state index contributed by atoms with van der Waals surface area (Å²) in [7, 11) is 1.56. The van der Waals surface area contributed by atoms with Crippen LogP contribution in [0.2, 0.25) is 0 Å². The maximum atomic E-state index is 5.40. The minimum atomic E-state index is 0.133. The molecule has 0 bridgehead atoms. The first-order valence-electron chi connectivity index (χ1n) is 7.23. The molecule has 0 aliphatic carbocycles. The van der Waals surface area contributed by atoms with Crippen molar-refractivity contribution in [3.05, 3.63) is 18.3 Å². The second kappa shape index (κ2) is 6.17. The molecule has 1 fully saturated rings. The van der Waals surface area contributed by atoms with Crippen molar-refractivity contribution in [3.63, 3.8) is 0 Å². The van der Waals surface area contributed by atoms with Gasteiger partial charge in [0.25, 0.3) is 0 Å². The highest BCUT2D eigenvalue weighted by Gasteiger charge is 2.26. The molecule has 0 saturated carbocycles. The summed E-state index contributed by atoms with van der Waals surface area (Å²) in [5.74, 6) is 2.28. The minimum absolute atomic E-state index is 0.133. The Kier molecular flexibility index (Phi) is 4.10. The predicted molar refractivity (Wildman–Crippen MR) is 75.6 cm³/mol. The number of nitrogens with zero attached hydrogens (tertiary/aromatic N) is 4. The summed E-state index contributed by atoms with van der Waals surface area (Å²) in [6.45, 7) is 3.21. The van der Waals surface area contributed by atoms with Crippen molar-refractivity contribution in [3.8, 4) is 17.4 Å². The van der Waals surface area contributed by atoms with Gasteiger partial charge in [-0.05, 0) is 25.3 Å². The maximum absolute atomic E-state index is 5.40. The topological polar surface area (TPSA) is 86.0 Å². The van der Waals surface area contributed by atoms with E-state index in [2.05, 4.69) is 32.3 Å². The Balaban J connectivity index is 1.79. The van der Waals surface area contributed by atoms with Gasteiger partial charge in [-0.15, -0.1) is 0 Å². The molecule has 1 N–H and O–H groups in total. The Morgan fingerprint density at radius 2 is 2.33 bits per heavy atom. The van der Waals surface area contributed by atoms with E-state index in [1.165, 1.54) is 19.2 Å². The standard InChI is InChI=1S/C14H19N5O2/c1-3-9-4-5-15-11(6-9)14-18-13(19-21-14)10-7-12(20-2)17-8-16-10/h7-9,11,15H,3-6H2,1-2H3. The average Bonchev–Trinajstić information content (AvgIpc) is 3.05. The lowest BCUT2D eigenvalue weighted by molar-refractivity contribution is 0.246. The van der Waals surface area contributed by atoms with Crippen LogP contribution < -0.4 is 10.1 Å². The molecular formula is C14H19N5O2. The molecule has 1 aliphatic rings. The fraction of sp³-hybridized carbons (Fsp3) is 0.571. The number of rotatable bonds is 4. The van der Waals surface area contributed by atoms with Gasteiger partial charge in [0, 0.05) is 6.07 Å². The van der Waals surface area contributed by atoms with Crippen molar-refractivity contribution < 1.29 is 9.26 Å². The van der Waals surface area contributed by atoms with Gasteiger partial charge in [-0.3, -0.25) is 0 Å². The van der Waals surface area contributed by atoms with E-state index >= 15 is 0 Å². The third-order valence-corrected chi connectivity index (χ3v) is 3.91. The van der Waals surface area contributed by atoms with Crippen molar-refractivity contribution in [1.29, 1.82) is 0 Å². The van der Waals surface area contributed by atoms with Gasteiger partial charge in [-0.2, -0.15) is 4.98 Å². The summed E-state index contributed by atoms with van der Waals surface area (Å²) in [5, 5.41) is 7.45. The van der Waals surface area contributed by atoms with Gasteiger partial charge < -0.3 is 14.6 Å². The monoisotopic (exact) mass is 289 g/mol. The molecule has 112 valence electrons. The van der Waals surface area contributed by atoms with Crippen LogP contribution >= 0.6 is 0 Å². The number of hydrogen-bond acceptors (Lipinski definition) is 7. The molecule has 0 aromatic carbocycles. The predicted octanol–water partition coefficient (Wildman–Crippen LogP) is 1.99. The number of methoxy groups -OCH3 is 1. The zero-order chi connectivity index (χ0) is 14.7. The molecule has 2 aromatic heterocycles. The van der Waals surface area contributed by atoms with Crippen LogP contribution in [0.1, 0.15) is 38.1 Å². The zero-order valence-corrected chi connectivity index (χ0v) is 12.2. The van der Waals surface area contributed by atoms with Gasteiger partial charge in [-0.1, -0.05) is 18.5 Å². The molecule has 2 atom stereocenters. The van der Waals surface area contributed by atoms with Crippen molar-refractivity contribution in [2.24, 2.45) is 5.92 Å². The third kappa shape index (κ3) is 3.02. The smallest absolute Gasteiger partial charge is 0.244 e. The van der Waals surface area contributed by atoms with Crippen molar-refractivity contribution in [2.75, 3.05) is 13.7 Å². The number of ether oxygens (including phenoxy) is 1. The number of piperidine rings is 1. The Morgan fingerprint density at radius 3 is 3.14 bits per heavy atom. The van der Waals surface area contributed by atoms with Crippen LogP contribution in [0.25, 0.3) is 11.5 Å². The SMILES string of the molecule is CCC1CCNC(c2nc(-c3cc(OC)ncn3)no2)C1. The minimum Gasteiger partial charge on any atom is -0.481 e. The first kappa shape index (κ1) is 13.9. The molecule has 0 amide bonds. The number of aromatic nitrogens is 4. The molecule has 2 unspecified atom stereocenters. The first-order valence-corrected chi connectivity index (χ1v) is 7.23. The lowest BCUT2D eigenvalue weighted by atomic mass is 9.90. The molecule has 7 nitrogen and oxygen atoms in total. The molecule has 0 spiro atoms. The van der Waals surface area contributed by atoms with E-state index in [1.54, 1.807) is 13.2 Å². The normalized spacial score (nSPS) is 22.2. The van der Waals surface area contributed by atoms with Crippen LogP contribution in [0.15, 0.2) is 16.9 Å². The summed E-state index contributed by atoms with van der Waals surface area (Å²) < 4.78 is 10.5. The second-order valence-electron chi connectivity index (χ2n) is 5.21. The molecule has 2 aromatic rings. The Hall–Kier alpha value is -2.02. The van der Waals surface area contributed by atoms with Crippen LogP contribution in [0, 0.1) is 5.92 Å². The van der Waals surface area contributed by atoms with Crippen molar-refractivity contribution in [1.82, 2.24) is 25.4 Å². The van der Waals surface area contributed by atoms with E-state index in [-0.39, 0.29) is 6.04 Å². The van der Waals surface area contributed by atoms with E-state index in [0.717, 1.165) is 13.0 Å². The Labute approximate surface area is 123 Å². The van der Waals surface area contributed by atoms with Gasteiger partial charge in [-0.25, -0.2) is 9.97 Å². The zero-order valence-electron chi connectivity index (χ0n) is 12.2.